The topological polar surface area (TPSA) is 41.3 Å². The average molecular weight is 243 g/mol. The summed E-state index contributed by atoms with van der Waals surface area (Å²) in [5.41, 5.74) is 0.933. The van der Waals surface area contributed by atoms with Crippen molar-refractivity contribution in [3.8, 4) is 0 Å². The highest BCUT2D eigenvalue weighted by atomic mass is 16.3. The van der Waals surface area contributed by atoms with E-state index in [1.54, 1.807) is 6.26 Å². The van der Waals surface area contributed by atoms with Crippen molar-refractivity contribution in [2.45, 2.75) is 18.9 Å². The summed E-state index contributed by atoms with van der Waals surface area (Å²) in [4.78, 5) is 6.97. The van der Waals surface area contributed by atoms with Gasteiger partial charge >= 0.3 is 0 Å². The van der Waals surface area contributed by atoms with Crippen molar-refractivity contribution in [3.05, 3.63) is 24.6 Å². The minimum atomic E-state index is 0.641. The fraction of sp³-hybridized carbons (Fsp3) is 0.500. The van der Waals surface area contributed by atoms with Gasteiger partial charge in [0.1, 0.15) is 11.4 Å². The SMILES string of the molecule is c1cc2occc2c(N2C[C@@H]3CCCN[C@@H]3C2)n1. The van der Waals surface area contributed by atoms with Crippen LogP contribution in [0.1, 0.15) is 12.8 Å². The van der Waals surface area contributed by atoms with Crippen LogP contribution >= 0.6 is 0 Å². The van der Waals surface area contributed by atoms with Gasteiger partial charge in [0.15, 0.2) is 0 Å². The van der Waals surface area contributed by atoms with E-state index >= 15 is 0 Å². The van der Waals surface area contributed by atoms with Crippen molar-refractivity contribution >= 4 is 16.8 Å². The van der Waals surface area contributed by atoms with Gasteiger partial charge in [-0.25, -0.2) is 4.98 Å². The van der Waals surface area contributed by atoms with E-state index in [-0.39, 0.29) is 0 Å². The average Bonchev–Trinajstić information content (AvgIpc) is 3.04. The highest BCUT2D eigenvalue weighted by Crippen LogP contribution is 2.32. The number of rotatable bonds is 1. The maximum atomic E-state index is 5.45. The van der Waals surface area contributed by atoms with Crippen LogP contribution in [0.25, 0.3) is 11.0 Å². The molecule has 0 amide bonds. The van der Waals surface area contributed by atoms with Crippen LogP contribution in [-0.2, 0) is 0 Å². The summed E-state index contributed by atoms with van der Waals surface area (Å²) in [6.45, 7) is 3.36. The lowest BCUT2D eigenvalue weighted by Crippen LogP contribution is -2.40. The molecule has 1 N–H and O–H groups in total. The lowest BCUT2D eigenvalue weighted by molar-refractivity contribution is 0.340. The number of nitrogens with zero attached hydrogens (tertiary/aromatic N) is 2. The van der Waals surface area contributed by atoms with Gasteiger partial charge < -0.3 is 14.6 Å². The number of furan rings is 1. The second kappa shape index (κ2) is 3.99. The molecule has 0 aromatic carbocycles. The van der Waals surface area contributed by atoms with E-state index in [1.807, 2.05) is 18.3 Å². The lowest BCUT2D eigenvalue weighted by Gasteiger charge is -2.24. The summed E-state index contributed by atoms with van der Waals surface area (Å²) >= 11 is 0. The van der Waals surface area contributed by atoms with E-state index in [2.05, 4.69) is 15.2 Å². The van der Waals surface area contributed by atoms with Crippen LogP contribution in [0.3, 0.4) is 0 Å². The summed E-state index contributed by atoms with van der Waals surface area (Å²) in [6, 6.07) is 4.59. The Morgan fingerprint density at radius 3 is 3.28 bits per heavy atom. The Balaban J connectivity index is 1.69. The Bertz CT molecular complexity index is 551. The molecule has 0 bridgehead atoms. The molecule has 2 saturated heterocycles. The van der Waals surface area contributed by atoms with Gasteiger partial charge in [-0.05, 0) is 37.4 Å². The summed E-state index contributed by atoms with van der Waals surface area (Å²) in [5.74, 6) is 1.86. The number of hydrogen-bond acceptors (Lipinski definition) is 4. The van der Waals surface area contributed by atoms with Crippen LogP contribution in [0, 0.1) is 5.92 Å². The zero-order valence-corrected chi connectivity index (χ0v) is 10.3. The predicted molar refractivity (Wildman–Crippen MR) is 70.7 cm³/mol. The molecule has 18 heavy (non-hydrogen) atoms. The third kappa shape index (κ3) is 1.52. The van der Waals surface area contributed by atoms with Crippen molar-refractivity contribution < 1.29 is 4.42 Å². The summed E-state index contributed by atoms with van der Waals surface area (Å²) in [6.07, 6.45) is 6.24. The molecule has 2 aromatic rings. The molecular weight excluding hydrogens is 226 g/mol. The van der Waals surface area contributed by atoms with E-state index in [4.69, 9.17) is 4.42 Å². The number of piperidine rings is 1. The zero-order valence-electron chi connectivity index (χ0n) is 10.3. The molecule has 4 nitrogen and oxygen atoms in total. The molecule has 4 heteroatoms. The van der Waals surface area contributed by atoms with E-state index in [0.717, 1.165) is 35.8 Å². The first-order chi connectivity index (χ1) is 8.92. The number of nitrogens with one attached hydrogen (secondary N) is 1. The molecule has 4 rings (SSSR count). The number of fused-ring (bicyclic) bond motifs is 2. The molecule has 0 aliphatic carbocycles. The molecule has 2 atom stereocenters. The highest BCUT2D eigenvalue weighted by Gasteiger charge is 2.35. The van der Waals surface area contributed by atoms with Gasteiger partial charge in [0.05, 0.1) is 11.6 Å². The zero-order chi connectivity index (χ0) is 11.9. The van der Waals surface area contributed by atoms with Crippen molar-refractivity contribution in [3.63, 3.8) is 0 Å². The minimum absolute atomic E-state index is 0.641. The summed E-state index contributed by atoms with van der Waals surface area (Å²) in [7, 11) is 0. The fourth-order valence-electron chi connectivity index (χ4n) is 3.35. The summed E-state index contributed by atoms with van der Waals surface area (Å²) in [5, 5.41) is 4.77. The predicted octanol–water partition coefficient (Wildman–Crippen LogP) is 2.02. The van der Waals surface area contributed by atoms with Crippen LogP contribution in [0.5, 0.6) is 0 Å². The third-order valence-electron chi connectivity index (χ3n) is 4.26. The maximum absolute atomic E-state index is 5.45. The normalized spacial score (nSPS) is 27.7. The van der Waals surface area contributed by atoms with Crippen LogP contribution in [0.15, 0.2) is 29.0 Å². The number of hydrogen-bond donors (Lipinski definition) is 1. The molecule has 2 fully saturated rings. The summed E-state index contributed by atoms with van der Waals surface area (Å²) < 4.78 is 5.45. The van der Waals surface area contributed by atoms with Crippen molar-refractivity contribution in [1.29, 1.82) is 0 Å². The van der Waals surface area contributed by atoms with Gasteiger partial charge in [0.25, 0.3) is 0 Å². The van der Waals surface area contributed by atoms with Gasteiger partial charge in [0.2, 0.25) is 0 Å². The molecular formula is C14H17N3O. The van der Waals surface area contributed by atoms with E-state index in [0.29, 0.717) is 6.04 Å². The van der Waals surface area contributed by atoms with Gasteiger partial charge in [-0.15, -0.1) is 0 Å². The quantitative estimate of drug-likeness (QED) is 0.832. The van der Waals surface area contributed by atoms with Gasteiger partial charge in [-0.1, -0.05) is 0 Å². The lowest BCUT2D eigenvalue weighted by atomic mass is 9.94. The third-order valence-corrected chi connectivity index (χ3v) is 4.26. The molecule has 0 saturated carbocycles. The van der Waals surface area contributed by atoms with Gasteiger partial charge in [-0.3, -0.25) is 0 Å². The standard InChI is InChI=1S/C14H17N3O/c1-2-10-8-17(9-12(10)15-5-1)14-11-4-7-18-13(11)3-6-16-14/h3-4,6-7,10,12,15H,1-2,5,8-9H2/t10-,12+/m0/s1. The second-order valence-corrected chi connectivity index (χ2v) is 5.33. The Hall–Kier alpha value is -1.55. The van der Waals surface area contributed by atoms with E-state index in [9.17, 15) is 0 Å². The molecule has 94 valence electrons. The first-order valence-corrected chi connectivity index (χ1v) is 6.72. The molecule has 2 aliphatic heterocycles. The maximum Gasteiger partial charge on any atom is 0.139 e. The fourth-order valence-corrected chi connectivity index (χ4v) is 3.35. The number of aromatic nitrogens is 1. The van der Waals surface area contributed by atoms with Gasteiger partial charge in [0, 0.05) is 25.3 Å². The Morgan fingerprint density at radius 2 is 2.33 bits per heavy atom. The van der Waals surface area contributed by atoms with Crippen LogP contribution < -0.4 is 10.2 Å². The van der Waals surface area contributed by atoms with Crippen molar-refractivity contribution in [2.24, 2.45) is 5.92 Å². The van der Waals surface area contributed by atoms with E-state index < -0.39 is 0 Å². The van der Waals surface area contributed by atoms with Crippen LogP contribution in [0.2, 0.25) is 0 Å². The molecule has 2 aromatic heterocycles. The molecule has 4 heterocycles. The first kappa shape index (κ1) is 10.4. The minimum Gasteiger partial charge on any atom is -0.464 e. The Kier molecular flexibility index (Phi) is 2.30. The monoisotopic (exact) mass is 243 g/mol. The first-order valence-electron chi connectivity index (χ1n) is 6.72. The molecule has 2 aliphatic rings. The number of pyridine rings is 1. The van der Waals surface area contributed by atoms with Crippen LogP contribution in [0.4, 0.5) is 5.82 Å². The smallest absolute Gasteiger partial charge is 0.139 e. The molecule has 0 radical (unpaired) electrons. The highest BCUT2D eigenvalue weighted by molar-refractivity contribution is 5.88. The van der Waals surface area contributed by atoms with Crippen LogP contribution in [-0.4, -0.2) is 30.7 Å². The van der Waals surface area contributed by atoms with E-state index in [1.165, 1.54) is 19.4 Å². The largest absolute Gasteiger partial charge is 0.464 e. The Labute approximate surface area is 106 Å². The number of anilines is 1. The second-order valence-electron chi connectivity index (χ2n) is 5.33. The van der Waals surface area contributed by atoms with Gasteiger partial charge in [-0.2, -0.15) is 0 Å². The van der Waals surface area contributed by atoms with Crippen molar-refractivity contribution in [1.82, 2.24) is 10.3 Å². The van der Waals surface area contributed by atoms with Crippen molar-refractivity contribution in [2.75, 3.05) is 24.5 Å². The molecule has 0 unspecified atom stereocenters. The molecule has 0 spiro atoms. The Morgan fingerprint density at radius 1 is 1.33 bits per heavy atom.